The maximum atomic E-state index is 12.2. The van der Waals surface area contributed by atoms with Crippen LogP contribution in [-0.4, -0.2) is 44.9 Å². The number of β-lactam (4-membered cyclic amide) rings is 1. The molecule has 1 amide bonds. The molecule has 0 radical (unpaired) electrons. The van der Waals surface area contributed by atoms with E-state index in [-0.39, 0.29) is 23.6 Å². The van der Waals surface area contributed by atoms with Crippen LogP contribution in [0, 0.1) is 11.8 Å². The highest BCUT2D eigenvalue weighted by Crippen LogP contribution is 2.50. The highest BCUT2D eigenvalue weighted by atomic mass is 32.2. The first kappa shape index (κ1) is 19.3. The third kappa shape index (κ3) is 3.64. The second-order valence-corrected chi connectivity index (χ2v) is 8.02. The van der Waals surface area contributed by atoms with E-state index in [0.717, 1.165) is 17.1 Å². The van der Waals surface area contributed by atoms with Crippen LogP contribution in [0.2, 0.25) is 0 Å². The fourth-order valence-electron chi connectivity index (χ4n) is 3.78. The van der Waals surface area contributed by atoms with Crippen LogP contribution in [0.25, 0.3) is 0 Å². The number of unbranched alkanes of at least 4 members (excludes halogenated alkanes) is 5. The maximum Gasteiger partial charge on any atom is 0.353 e. The molecule has 0 aliphatic carbocycles. The van der Waals surface area contributed by atoms with Crippen LogP contribution in [0.5, 0.6) is 0 Å². The number of aliphatic carboxylic acids is 1. The van der Waals surface area contributed by atoms with Crippen molar-refractivity contribution in [3.8, 4) is 0 Å². The Morgan fingerprint density at radius 3 is 2.46 bits per heavy atom. The molecule has 2 aliphatic heterocycles. The van der Waals surface area contributed by atoms with Crippen molar-refractivity contribution < 1.29 is 19.8 Å². The Hall–Kier alpha value is -1.01. The predicted molar refractivity (Wildman–Crippen MR) is 95.5 cm³/mol. The van der Waals surface area contributed by atoms with E-state index in [1.54, 1.807) is 18.7 Å². The van der Waals surface area contributed by atoms with Gasteiger partial charge in [-0.2, -0.15) is 0 Å². The summed E-state index contributed by atoms with van der Waals surface area (Å²) in [6.07, 6.45) is 6.50. The van der Waals surface area contributed by atoms with Gasteiger partial charge < -0.3 is 15.1 Å². The Bertz CT molecular complexity index is 517. The first-order valence-electron chi connectivity index (χ1n) is 9.03. The zero-order valence-corrected chi connectivity index (χ0v) is 15.6. The van der Waals surface area contributed by atoms with Crippen LogP contribution in [0.1, 0.15) is 59.3 Å². The number of carbonyl (C=O) groups is 2. The van der Waals surface area contributed by atoms with E-state index < -0.39 is 18.0 Å². The average Bonchev–Trinajstić information content (AvgIpc) is 2.75. The molecule has 0 aromatic heterocycles. The Morgan fingerprint density at radius 2 is 1.88 bits per heavy atom. The Morgan fingerprint density at radius 1 is 1.25 bits per heavy atom. The molecule has 1 saturated heterocycles. The molecular weight excluding hydrogens is 326 g/mol. The summed E-state index contributed by atoms with van der Waals surface area (Å²) >= 11 is 1.58. The minimum atomic E-state index is -1.04. The van der Waals surface area contributed by atoms with Crippen LogP contribution in [-0.2, 0) is 9.59 Å². The molecular formula is C18H29NO4S. The molecule has 0 spiro atoms. The fraction of sp³-hybridized carbons (Fsp3) is 0.778. The average molecular weight is 356 g/mol. The molecule has 0 aromatic carbocycles. The van der Waals surface area contributed by atoms with E-state index in [0.29, 0.717) is 0 Å². The summed E-state index contributed by atoms with van der Waals surface area (Å²) in [4.78, 5) is 26.1. The van der Waals surface area contributed by atoms with Gasteiger partial charge in [-0.25, -0.2) is 4.79 Å². The van der Waals surface area contributed by atoms with Crippen LogP contribution in [0.3, 0.4) is 0 Å². The van der Waals surface area contributed by atoms with Gasteiger partial charge in [-0.1, -0.05) is 46.0 Å². The molecule has 2 rings (SSSR count). The summed E-state index contributed by atoms with van der Waals surface area (Å²) in [5, 5.41) is 19.4. The maximum absolute atomic E-state index is 12.2. The number of hydrogen-bond acceptors (Lipinski definition) is 4. The van der Waals surface area contributed by atoms with Gasteiger partial charge in [0.25, 0.3) is 0 Å². The Labute approximate surface area is 148 Å². The second kappa shape index (κ2) is 8.39. The molecule has 136 valence electrons. The van der Waals surface area contributed by atoms with Gasteiger partial charge in [0.05, 0.1) is 18.1 Å². The Kier molecular flexibility index (Phi) is 6.75. The molecule has 0 aromatic rings. The van der Waals surface area contributed by atoms with Crippen molar-refractivity contribution in [1.82, 2.24) is 4.90 Å². The van der Waals surface area contributed by atoms with Gasteiger partial charge in [0.15, 0.2) is 0 Å². The van der Waals surface area contributed by atoms with Crippen molar-refractivity contribution in [2.24, 2.45) is 11.8 Å². The first-order valence-corrected chi connectivity index (χ1v) is 10.0. The van der Waals surface area contributed by atoms with Gasteiger partial charge in [0, 0.05) is 10.8 Å². The number of nitrogens with zero attached hydrogens (tertiary/aromatic N) is 1. The number of carboxylic acid groups (broad SMARTS) is 1. The second-order valence-electron chi connectivity index (χ2n) is 6.89. The summed E-state index contributed by atoms with van der Waals surface area (Å²) in [6, 6.07) is -0.198. The van der Waals surface area contributed by atoms with Crippen molar-refractivity contribution in [3.63, 3.8) is 0 Å². The van der Waals surface area contributed by atoms with Gasteiger partial charge in [0.1, 0.15) is 5.70 Å². The third-order valence-corrected chi connectivity index (χ3v) is 6.44. The van der Waals surface area contributed by atoms with Gasteiger partial charge in [-0.15, -0.1) is 11.8 Å². The molecule has 2 aliphatic rings. The quantitative estimate of drug-likeness (QED) is 0.465. The van der Waals surface area contributed by atoms with Crippen LogP contribution >= 0.6 is 11.8 Å². The largest absolute Gasteiger partial charge is 0.477 e. The zero-order chi connectivity index (χ0) is 17.9. The van der Waals surface area contributed by atoms with E-state index in [4.69, 9.17) is 0 Å². The normalized spacial score (nSPS) is 27.2. The molecule has 0 unspecified atom stereocenters. The molecule has 0 saturated carbocycles. The fourth-order valence-corrected chi connectivity index (χ4v) is 5.07. The lowest BCUT2D eigenvalue weighted by molar-refractivity contribution is -0.163. The number of thioether (sulfide) groups is 1. The van der Waals surface area contributed by atoms with E-state index in [1.807, 2.05) is 6.92 Å². The first-order chi connectivity index (χ1) is 11.4. The SMILES string of the molecule is CCCCCCCCSC1=C(C(=O)O)N2C(=O)[C@H]([C@@H](C)O)[C@H]2[C@H]1C. The lowest BCUT2D eigenvalue weighted by Crippen LogP contribution is -2.63. The molecule has 24 heavy (non-hydrogen) atoms. The van der Waals surface area contributed by atoms with Gasteiger partial charge in [-0.05, 0) is 19.1 Å². The molecule has 0 bridgehead atoms. The number of carboxylic acids is 1. The lowest BCUT2D eigenvalue weighted by atomic mass is 9.79. The number of carbonyl (C=O) groups excluding carboxylic acids is 1. The van der Waals surface area contributed by atoms with E-state index in [9.17, 15) is 19.8 Å². The van der Waals surface area contributed by atoms with Crippen molar-refractivity contribution >= 4 is 23.6 Å². The summed E-state index contributed by atoms with van der Waals surface area (Å²) in [6.45, 7) is 5.77. The molecule has 6 heteroatoms. The summed E-state index contributed by atoms with van der Waals surface area (Å²) < 4.78 is 0. The minimum Gasteiger partial charge on any atom is -0.477 e. The van der Waals surface area contributed by atoms with Crippen molar-refractivity contribution in [2.75, 3.05) is 5.75 Å². The number of rotatable bonds is 10. The van der Waals surface area contributed by atoms with Crippen molar-refractivity contribution in [3.05, 3.63) is 10.6 Å². The van der Waals surface area contributed by atoms with Crippen molar-refractivity contribution in [1.29, 1.82) is 0 Å². The summed E-state index contributed by atoms with van der Waals surface area (Å²) in [7, 11) is 0. The van der Waals surface area contributed by atoms with E-state index >= 15 is 0 Å². The molecule has 1 fully saturated rings. The highest BCUT2D eigenvalue weighted by Gasteiger charge is 2.59. The minimum absolute atomic E-state index is 0.0153. The molecule has 4 atom stereocenters. The van der Waals surface area contributed by atoms with E-state index in [1.165, 1.54) is 37.0 Å². The third-order valence-electron chi connectivity index (χ3n) is 5.07. The number of amides is 1. The molecule has 5 nitrogen and oxygen atoms in total. The van der Waals surface area contributed by atoms with Gasteiger partial charge in [-0.3, -0.25) is 4.79 Å². The number of aliphatic hydroxyl groups is 1. The summed E-state index contributed by atoms with van der Waals surface area (Å²) in [5.74, 6) is -0.891. The number of fused-ring (bicyclic) bond motifs is 1. The standard InChI is InChI=1S/C18H29NO4S/c1-4-5-6-7-8-9-10-24-16-11(2)14-13(12(3)20)17(21)19(14)15(16)18(22)23/h11-14,20H,4-10H2,1-3H3,(H,22,23)/t11-,12-,13-,14-/m1/s1. The van der Waals surface area contributed by atoms with Gasteiger partial charge >= 0.3 is 5.97 Å². The van der Waals surface area contributed by atoms with Crippen LogP contribution in [0.4, 0.5) is 0 Å². The highest BCUT2D eigenvalue weighted by molar-refractivity contribution is 8.03. The van der Waals surface area contributed by atoms with Crippen LogP contribution in [0.15, 0.2) is 10.6 Å². The number of hydrogen-bond donors (Lipinski definition) is 2. The number of aliphatic hydroxyl groups excluding tert-OH is 1. The Balaban J connectivity index is 1.95. The molecule has 2 N–H and O–H groups in total. The smallest absolute Gasteiger partial charge is 0.353 e. The van der Waals surface area contributed by atoms with E-state index in [2.05, 4.69) is 6.92 Å². The van der Waals surface area contributed by atoms with Gasteiger partial charge in [0.2, 0.25) is 5.91 Å². The zero-order valence-electron chi connectivity index (χ0n) is 14.8. The van der Waals surface area contributed by atoms with Crippen molar-refractivity contribution in [2.45, 2.75) is 71.4 Å². The molecule has 2 heterocycles. The summed E-state index contributed by atoms with van der Waals surface area (Å²) in [5.41, 5.74) is 0.144. The predicted octanol–water partition coefficient (Wildman–Crippen LogP) is 3.23. The topological polar surface area (TPSA) is 77.8 Å². The monoisotopic (exact) mass is 355 g/mol. The van der Waals surface area contributed by atoms with Crippen LogP contribution < -0.4 is 0 Å². The lowest BCUT2D eigenvalue weighted by Gasteiger charge is -2.46.